The largest absolute Gasteiger partial charge is 0.416 e. The molecule has 0 spiro atoms. The summed E-state index contributed by atoms with van der Waals surface area (Å²) in [6.45, 7) is 27.0. The SMILES string of the molecule is C[Si]1(C)O[Si](C)(C)O[Si](C)(C)O[Si](C)(C)O[Si](C)(c2ccccc2)O[Si](C)(C)O[Si](C)(C)O1. The Morgan fingerprint density at radius 3 is 0.879 bits per heavy atom. The second-order valence-corrected chi connectivity index (χ2v) is 36.4. The molecular weight excluding hydrogens is 537 g/mol. The predicted molar refractivity (Wildman–Crippen MR) is 150 cm³/mol. The van der Waals surface area contributed by atoms with Crippen LogP contribution in [0.5, 0.6) is 0 Å². The molecule has 0 aliphatic carbocycles. The number of benzene rings is 1. The van der Waals surface area contributed by atoms with E-state index in [4.69, 9.17) is 28.8 Å². The number of rotatable bonds is 1. The molecule has 1 aliphatic rings. The molecule has 1 aliphatic heterocycles. The Kier molecular flexibility index (Phi) is 8.75. The van der Waals surface area contributed by atoms with Crippen LogP contribution >= 0.6 is 0 Å². The molecule has 0 unspecified atom stereocenters. The molecule has 0 radical (unpaired) electrons. The van der Waals surface area contributed by atoms with Gasteiger partial charge in [-0.05, 0) is 90.3 Å². The fraction of sp³-hybridized carbons (Fsp3) is 0.684. The molecule has 1 heterocycles. The fourth-order valence-electron chi connectivity index (χ4n) is 4.90. The lowest BCUT2D eigenvalue weighted by Crippen LogP contribution is -2.67. The van der Waals surface area contributed by atoms with Gasteiger partial charge in [0.1, 0.15) is 0 Å². The van der Waals surface area contributed by atoms with Crippen LogP contribution < -0.4 is 5.19 Å². The van der Waals surface area contributed by atoms with Gasteiger partial charge in [-0.15, -0.1) is 0 Å². The summed E-state index contributed by atoms with van der Waals surface area (Å²) in [6, 6.07) is 10.2. The van der Waals surface area contributed by atoms with Crippen molar-refractivity contribution >= 4 is 65.1 Å². The Morgan fingerprint density at radius 2 is 0.606 bits per heavy atom. The highest BCUT2D eigenvalue weighted by molar-refractivity contribution is 6.96. The van der Waals surface area contributed by atoms with Gasteiger partial charge >= 0.3 is 59.9 Å². The average molecular weight is 581 g/mol. The van der Waals surface area contributed by atoms with Crippen molar-refractivity contribution in [3.63, 3.8) is 0 Å². The van der Waals surface area contributed by atoms with Crippen LogP contribution in [0, 0.1) is 0 Å². The molecule has 7 nitrogen and oxygen atoms in total. The molecule has 1 aromatic rings. The van der Waals surface area contributed by atoms with E-state index in [0.29, 0.717) is 0 Å². The second kappa shape index (κ2) is 9.73. The van der Waals surface area contributed by atoms with E-state index in [0.717, 1.165) is 5.19 Å². The molecule has 0 amide bonds. The maximum atomic E-state index is 6.91. The molecule has 0 N–H and O–H groups in total. The first-order valence-electron chi connectivity index (χ1n) is 11.5. The van der Waals surface area contributed by atoms with Crippen molar-refractivity contribution in [1.29, 1.82) is 0 Å². The second-order valence-electron chi connectivity index (χ2n) is 11.4. The normalized spacial score (nSPS) is 28.4. The summed E-state index contributed by atoms with van der Waals surface area (Å²) in [6.07, 6.45) is 0. The molecule has 190 valence electrons. The van der Waals surface area contributed by atoms with Crippen molar-refractivity contribution in [3.05, 3.63) is 30.3 Å². The van der Waals surface area contributed by atoms with Crippen LogP contribution in [0.2, 0.25) is 85.1 Å². The van der Waals surface area contributed by atoms with Gasteiger partial charge < -0.3 is 28.8 Å². The van der Waals surface area contributed by atoms with E-state index in [1.807, 2.05) is 18.2 Å². The van der Waals surface area contributed by atoms with Crippen LogP contribution in [0.3, 0.4) is 0 Å². The topological polar surface area (TPSA) is 64.6 Å². The molecule has 14 heteroatoms. The smallest absolute Gasteiger partial charge is 0.351 e. The summed E-state index contributed by atoms with van der Waals surface area (Å²) in [7, 11) is -18.4. The third-order valence-electron chi connectivity index (χ3n) is 4.64. The van der Waals surface area contributed by atoms with Crippen molar-refractivity contribution in [1.82, 2.24) is 0 Å². The molecule has 0 saturated carbocycles. The molecule has 0 atom stereocenters. The maximum Gasteiger partial charge on any atom is 0.351 e. The fourth-order valence-corrected chi connectivity index (χ4v) is 41.6. The molecule has 33 heavy (non-hydrogen) atoms. The first-order chi connectivity index (χ1) is 14.6. The van der Waals surface area contributed by atoms with Gasteiger partial charge in [0, 0.05) is 0 Å². The maximum absolute atomic E-state index is 6.91. The Hall–Kier alpha value is 0.458. The van der Waals surface area contributed by atoms with Crippen LogP contribution in [-0.4, -0.2) is 59.9 Å². The van der Waals surface area contributed by atoms with Crippen molar-refractivity contribution in [2.45, 2.75) is 85.1 Å². The summed E-state index contributed by atoms with van der Waals surface area (Å²) >= 11 is 0. The summed E-state index contributed by atoms with van der Waals surface area (Å²) in [4.78, 5) is 0. The molecule has 1 saturated heterocycles. The molecule has 1 fully saturated rings. The van der Waals surface area contributed by atoms with Gasteiger partial charge in [0.25, 0.3) is 0 Å². The Labute approximate surface area is 208 Å². The van der Waals surface area contributed by atoms with Crippen LogP contribution in [0.25, 0.3) is 0 Å². The summed E-state index contributed by atoms with van der Waals surface area (Å²) in [5.41, 5.74) is 0. The highest BCUT2D eigenvalue weighted by Crippen LogP contribution is 2.31. The molecule has 0 bridgehead atoms. The summed E-state index contributed by atoms with van der Waals surface area (Å²) < 4.78 is 47.1. The van der Waals surface area contributed by atoms with Crippen molar-refractivity contribution in [2.75, 3.05) is 0 Å². The van der Waals surface area contributed by atoms with Gasteiger partial charge in [-0.2, -0.15) is 0 Å². The van der Waals surface area contributed by atoms with E-state index in [1.54, 1.807) is 0 Å². The third-order valence-corrected chi connectivity index (χ3v) is 32.7. The van der Waals surface area contributed by atoms with Gasteiger partial charge in [0.05, 0.1) is 0 Å². The van der Waals surface area contributed by atoms with Gasteiger partial charge in [-0.3, -0.25) is 0 Å². The minimum Gasteiger partial charge on any atom is -0.416 e. The van der Waals surface area contributed by atoms with Crippen molar-refractivity contribution in [3.8, 4) is 0 Å². The lowest BCUT2D eigenvalue weighted by Gasteiger charge is -2.47. The summed E-state index contributed by atoms with van der Waals surface area (Å²) in [5.74, 6) is 0. The quantitative estimate of drug-likeness (QED) is 0.417. The Morgan fingerprint density at radius 1 is 0.364 bits per heavy atom. The Bertz CT molecular complexity index is 772. The zero-order valence-corrected chi connectivity index (χ0v) is 29.7. The van der Waals surface area contributed by atoms with E-state index < -0.39 is 59.9 Å². The zero-order valence-electron chi connectivity index (χ0n) is 22.7. The standard InChI is InChI=1S/C19H44O7Si7/c1-27(2)20-28(3,4)22-30(7,8)24-32(11,12)26-33(13,19-17-15-14-16-18-19)25-31(9,10)23-29(5,6)21-27/h14-18H,1-13H3. The lowest BCUT2D eigenvalue weighted by molar-refractivity contribution is 0.242. The molecular formula is C19H44O7Si7. The molecule has 1 aromatic carbocycles. The van der Waals surface area contributed by atoms with E-state index in [9.17, 15) is 0 Å². The first-order valence-corrected chi connectivity index (χ1v) is 30.7. The van der Waals surface area contributed by atoms with Crippen LogP contribution in [0.4, 0.5) is 0 Å². The van der Waals surface area contributed by atoms with Crippen molar-refractivity contribution < 1.29 is 28.8 Å². The highest BCUT2D eigenvalue weighted by Gasteiger charge is 2.53. The van der Waals surface area contributed by atoms with Gasteiger partial charge in [-0.1, -0.05) is 30.3 Å². The Balaban J connectivity index is 2.58. The molecule has 2 rings (SSSR count). The van der Waals surface area contributed by atoms with Gasteiger partial charge in [0.2, 0.25) is 0 Å². The van der Waals surface area contributed by atoms with E-state index in [2.05, 4.69) is 97.2 Å². The van der Waals surface area contributed by atoms with Crippen molar-refractivity contribution in [2.24, 2.45) is 0 Å². The van der Waals surface area contributed by atoms with E-state index in [-0.39, 0.29) is 0 Å². The number of hydrogen-bond donors (Lipinski definition) is 0. The minimum atomic E-state index is -2.89. The van der Waals surface area contributed by atoms with Crippen LogP contribution in [0.1, 0.15) is 0 Å². The molecule has 0 aromatic heterocycles. The minimum absolute atomic E-state index is 1.07. The lowest BCUT2D eigenvalue weighted by atomic mass is 10.4. The van der Waals surface area contributed by atoms with E-state index >= 15 is 0 Å². The third kappa shape index (κ3) is 9.45. The first kappa shape index (κ1) is 29.7. The number of hydrogen-bond acceptors (Lipinski definition) is 7. The average Bonchev–Trinajstić information content (AvgIpc) is 2.46. The van der Waals surface area contributed by atoms with Gasteiger partial charge in [-0.25, -0.2) is 0 Å². The van der Waals surface area contributed by atoms with Gasteiger partial charge in [0.15, 0.2) is 0 Å². The monoisotopic (exact) mass is 580 g/mol. The van der Waals surface area contributed by atoms with Crippen LogP contribution in [0.15, 0.2) is 30.3 Å². The zero-order chi connectivity index (χ0) is 25.6. The van der Waals surface area contributed by atoms with Crippen LogP contribution in [-0.2, 0) is 28.8 Å². The highest BCUT2D eigenvalue weighted by atomic mass is 28.5. The summed E-state index contributed by atoms with van der Waals surface area (Å²) in [5, 5.41) is 1.07. The van der Waals surface area contributed by atoms with E-state index in [1.165, 1.54) is 0 Å². The predicted octanol–water partition coefficient (Wildman–Crippen LogP) is 5.31.